The number of carbonyl (C=O) groups is 1. The highest BCUT2D eigenvalue weighted by molar-refractivity contribution is 6.32. The summed E-state index contributed by atoms with van der Waals surface area (Å²) in [6.45, 7) is 0. The van der Waals surface area contributed by atoms with Crippen molar-refractivity contribution in [3.05, 3.63) is 28.8 Å². The summed E-state index contributed by atoms with van der Waals surface area (Å²) in [5.74, 6) is -0.942. The Bertz CT molecular complexity index is 433. The van der Waals surface area contributed by atoms with Crippen molar-refractivity contribution in [3.8, 4) is 5.75 Å². The highest BCUT2D eigenvalue weighted by atomic mass is 35.5. The first-order chi connectivity index (χ1) is 8.09. The molecule has 1 fully saturated rings. The quantitative estimate of drug-likeness (QED) is 0.871. The average molecular weight is 257 g/mol. The van der Waals surface area contributed by atoms with Gasteiger partial charge in [-0.05, 0) is 31.4 Å². The molecule has 2 unspecified atom stereocenters. The van der Waals surface area contributed by atoms with Gasteiger partial charge in [0.1, 0.15) is 11.7 Å². The van der Waals surface area contributed by atoms with Gasteiger partial charge in [-0.3, -0.25) is 0 Å². The zero-order valence-corrected chi connectivity index (χ0v) is 9.85. The number of aromatic carboxylic acids is 1. The molecule has 1 aliphatic rings. The molecule has 17 heavy (non-hydrogen) atoms. The first kappa shape index (κ1) is 12.2. The molecule has 1 aromatic rings. The fraction of sp³-hybridized carbons (Fsp3) is 0.417. The summed E-state index contributed by atoms with van der Waals surface area (Å²) in [5, 5.41) is 18.9. The van der Waals surface area contributed by atoms with E-state index in [1.807, 2.05) is 0 Å². The summed E-state index contributed by atoms with van der Waals surface area (Å²) in [6, 6.07) is 4.57. The maximum absolute atomic E-state index is 11.0. The van der Waals surface area contributed by atoms with Crippen molar-refractivity contribution in [3.63, 3.8) is 0 Å². The minimum absolute atomic E-state index is 0.0246. The Morgan fingerprint density at radius 1 is 1.41 bits per heavy atom. The van der Waals surface area contributed by atoms with Crippen molar-refractivity contribution in [1.29, 1.82) is 0 Å². The molecule has 1 aliphatic carbocycles. The Morgan fingerprint density at radius 3 is 2.76 bits per heavy atom. The van der Waals surface area contributed by atoms with Gasteiger partial charge >= 0.3 is 5.97 Å². The van der Waals surface area contributed by atoms with E-state index in [0.29, 0.717) is 12.8 Å². The summed E-state index contributed by atoms with van der Waals surface area (Å²) in [5.41, 5.74) is 0.0246. The van der Waals surface area contributed by atoms with Crippen LogP contribution in [-0.4, -0.2) is 28.4 Å². The molecular weight excluding hydrogens is 244 g/mol. The maximum atomic E-state index is 11.0. The molecular formula is C12H13ClO4. The van der Waals surface area contributed by atoms with Crippen LogP contribution in [-0.2, 0) is 0 Å². The topological polar surface area (TPSA) is 66.8 Å². The Hall–Kier alpha value is -1.26. The Balaban J connectivity index is 2.27. The van der Waals surface area contributed by atoms with Crippen LogP contribution < -0.4 is 4.74 Å². The van der Waals surface area contributed by atoms with Gasteiger partial charge in [0.2, 0.25) is 0 Å². The maximum Gasteiger partial charge on any atom is 0.339 e. The number of benzene rings is 1. The van der Waals surface area contributed by atoms with E-state index >= 15 is 0 Å². The minimum Gasteiger partial charge on any atom is -0.485 e. The Morgan fingerprint density at radius 2 is 2.18 bits per heavy atom. The number of carboxylic acid groups (broad SMARTS) is 1. The SMILES string of the molecule is O=C(O)c1cccc(Cl)c1OC1CCCC1O. The fourth-order valence-electron chi connectivity index (χ4n) is 1.99. The molecule has 0 heterocycles. The average Bonchev–Trinajstić information content (AvgIpc) is 2.67. The molecule has 0 amide bonds. The highest BCUT2D eigenvalue weighted by Crippen LogP contribution is 2.33. The molecule has 1 aromatic carbocycles. The molecule has 2 N–H and O–H groups in total. The third-order valence-corrected chi connectivity index (χ3v) is 3.18. The van der Waals surface area contributed by atoms with Gasteiger partial charge in [-0.2, -0.15) is 0 Å². The number of carboxylic acids is 1. The van der Waals surface area contributed by atoms with Gasteiger partial charge in [0, 0.05) is 0 Å². The van der Waals surface area contributed by atoms with Crippen LogP contribution in [0.25, 0.3) is 0 Å². The first-order valence-corrected chi connectivity index (χ1v) is 5.84. The van der Waals surface area contributed by atoms with Crippen LogP contribution in [0.4, 0.5) is 0 Å². The predicted molar refractivity (Wildman–Crippen MR) is 62.7 cm³/mol. The van der Waals surface area contributed by atoms with Crippen LogP contribution >= 0.6 is 11.6 Å². The lowest BCUT2D eigenvalue weighted by molar-refractivity contribution is 0.0560. The van der Waals surface area contributed by atoms with Crippen LogP contribution in [0.5, 0.6) is 5.75 Å². The van der Waals surface area contributed by atoms with Crippen LogP contribution in [0, 0.1) is 0 Å². The molecule has 0 saturated heterocycles. The van der Waals surface area contributed by atoms with Crippen LogP contribution in [0.3, 0.4) is 0 Å². The lowest BCUT2D eigenvalue weighted by Crippen LogP contribution is -2.26. The second kappa shape index (κ2) is 4.94. The molecule has 2 atom stereocenters. The van der Waals surface area contributed by atoms with Gasteiger partial charge in [-0.25, -0.2) is 4.79 Å². The number of halogens is 1. The number of ether oxygens (including phenoxy) is 1. The molecule has 0 aromatic heterocycles. The van der Waals surface area contributed by atoms with Crippen molar-refractivity contribution >= 4 is 17.6 Å². The standard InChI is InChI=1S/C12H13ClO4/c13-8-4-1-3-7(12(15)16)11(8)17-10-6-2-5-9(10)14/h1,3-4,9-10,14H,2,5-6H2,(H,15,16). The summed E-state index contributed by atoms with van der Waals surface area (Å²) in [4.78, 5) is 11.0. The fourth-order valence-corrected chi connectivity index (χ4v) is 2.21. The van der Waals surface area contributed by atoms with Crippen molar-refractivity contribution in [1.82, 2.24) is 0 Å². The zero-order valence-electron chi connectivity index (χ0n) is 9.10. The van der Waals surface area contributed by atoms with Gasteiger partial charge < -0.3 is 14.9 Å². The van der Waals surface area contributed by atoms with Gasteiger partial charge in [0.15, 0.2) is 5.75 Å². The molecule has 0 bridgehead atoms. The summed E-state index contributed by atoms with van der Waals surface area (Å²) < 4.78 is 5.55. The third-order valence-electron chi connectivity index (χ3n) is 2.88. The van der Waals surface area contributed by atoms with Gasteiger partial charge in [0.25, 0.3) is 0 Å². The van der Waals surface area contributed by atoms with Crippen molar-refractivity contribution in [2.24, 2.45) is 0 Å². The van der Waals surface area contributed by atoms with E-state index < -0.39 is 12.1 Å². The molecule has 1 saturated carbocycles. The summed E-state index contributed by atoms with van der Waals surface area (Å²) in [7, 11) is 0. The predicted octanol–water partition coefficient (Wildman–Crippen LogP) is 2.33. The van der Waals surface area contributed by atoms with Crippen LogP contribution in [0.15, 0.2) is 18.2 Å². The second-order valence-electron chi connectivity index (χ2n) is 4.08. The minimum atomic E-state index is -1.09. The van der Waals surface area contributed by atoms with E-state index in [2.05, 4.69) is 0 Å². The van der Waals surface area contributed by atoms with E-state index in [-0.39, 0.29) is 22.4 Å². The van der Waals surface area contributed by atoms with E-state index in [1.54, 1.807) is 12.1 Å². The normalized spacial score (nSPS) is 23.6. The second-order valence-corrected chi connectivity index (χ2v) is 4.48. The molecule has 92 valence electrons. The Kier molecular flexibility index (Phi) is 3.54. The summed E-state index contributed by atoms with van der Waals surface area (Å²) in [6.07, 6.45) is 1.35. The highest BCUT2D eigenvalue weighted by Gasteiger charge is 2.29. The van der Waals surface area contributed by atoms with Crippen molar-refractivity contribution < 1.29 is 19.7 Å². The third kappa shape index (κ3) is 2.53. The van der Waals surface area contributed by atoms with Gasteiger partial charge in [-0.15, -0.1) is 0 Å². The summed E-state index contributed by atoms with van der Waals surface area (Å²) >= 11 is 5.93. The molecule has 0 spiro atoms. The number of para-hydroxylation sites is 1. The number of hydrogen-bond acceptors (Lipinski definition) is 3. The molecule has 2 rings (SSSR count). The number of aliphatic hydroxyl groups excluding tert-OH is 1. The molecule has 0 aliphatic heterocycles. The van der Waals surface area contributed by atoms with Crippen molar-refractivity contribution in [2.75, 3.05) is 0 Å². The Labute approximate surface area is 104 Å². The smallest absolute Gasteiger partial charge is 0.339 e. The van der Waals surface area contributed by atoms with Crippen molar-refractivity contribution in [2.45, 2.75) is 31.5 Å². The monoisotopic (exact) mass is 256 g/mol. The van der Waals surface area contributed by atoms with E-state index in [1.165, 1.54) is 6.07 Å². The van der Waals surface area contributed by atoms with Crippen LogP contribution in [0.1, 0.15) is 29.6 Å². The van der Waals surface area contributed by atoms with E-state index in [9.17, 15) is 9.90 Å². The number of hydrogen-bond donors (Lipinski definition) is 2. The van der Waals surface area contributed by atoms with E-state index in [0.717, 1.165) is 6.42 Å². The van der Waals surface area contributed by atoms with Gasteiger partial charge in [0.05, 0.1) is 11.1 Å². The first-order valence-electron chi connectivity index (χ1n) is 5.46. The van der Waals surface area contributed by atoms with Gasteiger partial charge in [-0.1, -0.05) is 17.7 Å². The molecule has 4 nitrogen and oxygen atoms in total. The molecule has 0 radical (unpaired) electrons. The zero-order chi connectivity index (χ0) is 12.4. The number of aliphatic hydroxyl groups is 1. The number of rotatable bonds is 3. The van der Waals surface area contributed by atoms with E-state index in [4.69, 9.17) is 21.4 Å². The largest absolute Gasteiger partial charge is 0.485 e. The lowest BCUT2D eigenvalue weighted by atomic mass is 10.2. The van der Waals surface area contributed by atoms with Crippen LogP contribution in [0.2, 0.25) is 5.02 Å². The lowest BCUT2D eigenvalue weighted by Gasteiger charge is -2.19. The molecule has 5 heteroatoms.